The quantitative estimate of drug-likeness (QED) is 0.597. The van der Waals surface area contributed by atoms with Gasteiger partial charge in [0.15, 0.2) is 0 Å². The van der Waals surface area contributed by atoms with Gasteiger partial charge in [-0.05, 0) is 30.7 Å². The Morgan fingerprint density at radius 2 is 1.79 bits per heavy atom. The SMILES string of the molecule is Cc1cc(Cl)c(Cl)cc1OC(CCN)c1ccccc1.O=[N+]([O-])O. The van der Waals surface area contributed by atoms with Crippen LogP contribution < -0.4 is 10.5 Å². The third-order valence-corrected chi connectivity index (χ3v) is 3.81. The van der Waals surface area contributed by atoms with Gasteiger partial charge in [0.25, 0.3) is 5.09 Å². The minimum atomic E-state index is -1.50. The fraction of sp³-hybridized carbons (Fsp3) is 0.250. The van der Waals surface area contributed by atoms with Crippen LogP contribution in [0, 0.1) is 17.0 Å². The van der Waals surface area contributed by atoms with Crippen LogP contribution in [0.1, 0.15) is 23.7 Å². The van der Waals surface area contributed by atoms with Crippen molar-refractivity contribution in [2.24, 2.45) is 5.73 Å². The predicted octanol–water partition coefficient (Wildman–Crippen LogP) is 4.42. The monoisotopic (exact) mass is 372 g/mol. The van der Waals surface area contributed by atoms with Gasteiger partial charge in [0.2, 0.25) is 0 Å². The Balaban J connectivity index is 0.000000648. The van der Waals surface area contributed by atoms with Crippen molar-refractivity contribution in [1.29, 1.82) is 0 Å². The van der Waals surface area contributed by atoms with Crippen LogP contribution in [0.4, 0.5) is 0 Å². The fourth-order valence-corrected chi connectivity index (χ4v) is 2.39. The highest BCUT2D eigenvalue weighted by Crippen LogP contribution is 2.33. The summed E-state index contributed by atoms with van der Waals surface area (Å²) in [5, 5.41) is 14.7. The van der Waals surface area contributed by atoms with Crippen LogP contribution in [0.15, 0.2) is 42.5 Å². The predicted molar refractivity (Wildman–Crippen MR) is 93.5 cm³/mol. The third kappa shape index (κ3) is 6.62. The molecule has 0 fully saturated rings. The molecule has 0 saturated carbocycles. The molecule has 0 radical (unpaired) electrons. The van der Waals surface area contributed by atoms with Gasteiger partial charge in [-0.3, -0.25) is 0 Å². The highest BCUT2D eigenvalue weighted by molar-refractivity contribution is 6.42. The van der Waals surface area contributed by atoms with E-state index in [1.807, 2.05) is 43.3 Å². The number of nitrogens with two attached hydrogens (primary N) is 1. The van der Waals surface area contributed by atoms with Crippen molar-refractivity contribution in [3.05, 3.63) is 73.8 Å². The molecule has 1 atom stereocenters. The van der Waals surface area contributed by atoms with Gasteiger partial charge in [-0.15, -0.1) is 10.1 Å². The highest BCUT2D eigenvalue weighted by atomic mass is 35.5. The Kier molecular flexibility index (Phi) is 8.32. The summed E-state index contributed by atoms with van der Waals surface area (Å²) in [6.07, 6.45) is 0.654. The van der Waals surface area contributed by atoms with Crippen LogP contribution in [-0.4, -0.2) is 16.8 Å². The lowest BCUT2D eigenvalue weighted by atomic mass is 10.1. The number of hydrogen-bond acceptors (Lipinski definition) is 4. The van der Waals surface area contributed by atoms with E-state index in [1.54, 1.807) is 6.07 Å². The molecule has 0 bridgehead atoms. The van der Waals surface area contributed by atoms with E-state index in [0.717, 1.165) is 23.3 Å². The summed E-state index contributed by atoms with van der Waals surface area (Å²) in [6, 6.07) is 13.6. The number of aryl methyl sites for hydroxylation is 1. The molecule has 0 aliphatic rings. The van der Waals surface area contributed by atoms with Gasteiger partial charge >= 0.3 is 0 Å². The van der Waals surface area contributed by atoms with Gasteiger partial charge in [0.05, 0.1) is 10.0 Å². The zero-order valence-corrected chi connectivity index (χ0v) is 14.5. The summed E-state index contributed by atoms with van der Waals surface area (Å²) < 4.78 is 6.08. The molecule has 24 heavy (non-hydrogen) atoms. The van der Waals surface area contributed by atoms with Crippen molar-refractivity contribution in [3.63, 3.8) is 0 Å². The maximum absolute atomic E-state index is 8.36. The third-order valence-electron chi connectivity index (χ3n) is 3.09. The number of halogens is 2. The smallest absolute Gasteiger partial charge is 0.291 e. The lowest BCUT2D eigenvalue weighted by Crippen LogP contribution is -2.13. The number of hydrogen-bond donors (Lipinski definition) is 2. The lowest BCUT2D eigenvalue weighted by Gasteiger charge is -2.20. The molecule has 0 spiro atoms. The highest BCUT2D eigenvalue weighted by Gasteiger charge is 2.14. The molecule has 0 aliphatic heterocycles. The Morgan fingerprint density at radius 3 is 2.33 bits per heavy atom. The first-order valence-electron chi connectivity index (χ1n) is 7.05. The summed E-state index contributed by atoms with van der Waals surface area (Å²) in [5.74, 6) is 0.738. The Morgan fingerprint density at radius 1 is 1.25 bits per heavy atom. The molecular formula is C16H18Cl2N2O4. The standard InChI is InChI=1S/C16H17Cl2NO.HNO3/c1-11-9-13(17)14(18)10-16(11)20-15(7-8-19)12-5-3-2-4-6-12;2-1(3)4/h2-6,9-10,15H,7-8,19H2,1H3;(H,2,3,4). The maximum Gasteiger partial charge on any atom is 0.291 e. The van der Waals surface area contributed by atoms with Crippen molar-refractivity contribution in [3.8, 4) is 5.75 Å². The summed E-state index contributed by atoms with van der Waals surface area (Å²) >= 11 is 12.0. The molecule has 2 aromatic rings. The van der Waals surface area contributed by atoms with E-state index < -0.39 is 5.09 Å². The topological polar surface area (TPSA) is 98.6 Å². The molecule has 0 aliphatic carbocycles. The zero-order chi connectivity index (χ0) is 18.1. The molecule has 8 heteroatoms. The molecular weight excluding hydrogens is 355 g/mol. The first-order valence-corrected chi connectivity index (χ1v) is 7.81. The van der Waals surface area contributed by atoms with Crippen LogP contribution >= 0.6 is 23.2 Å². The molecule has 0 heterocycles. The second kappa shape index (κ2) is 9.97. The first-order chi connectivity index (χ1) is 11.3. The van der Waals surface area contributed by atoms with Crippen LogP contribution in [0.5, 0.6) is 5.75 Å². The fourth-order valence-electron chi connectivity index (χ4n) is 2.02. The minimum Gasteiger partial charge on any atom is -0.485 e. The second-order valence-corrected chi connectivity index (χ2v) is 5.68. The van der Waals surface area contributed by atoms with Crippen molar-refractivity contribution in [2.45, 2.75) is 19.4 Å². The van der Waals surface area contributed by atoms with E-state index in [1.165, 1.54) is 0 Å². The van der Waals surface area contributed by atoms with Crippen molar-refractivity contribution >= 4 is 23.2 Å². The molecule has 6 nitrogen and oxygen atoms in total. The number of nitrogens with zero attached hydrogens (tertiary/aromatic N) is 1. The second-order valence-electron chi connectivity index (χ2n) is 4.86. The maximum atomic E-state index is 8.36. The Hall–Kier alpha value is -2.02. The van der Waals surface area contributed by atoms with Crippen LogP contribution in [0.2, 0.25) is 10.0 Å². The Bertz CT molecular complexity index is 665. The van der Waals surface area contributed by atoms with E-state index >= 15 is 0 Å². The average Bonchev–Trinajstić information content (AvgIpc) is 2.52. The van der Waals surface area contributed by atoms with Gasteiger partial charge in [-0.1, -0.05) is 53.5 Å². The van der Waals surface area contributed by atoms with Crippen molar-refractivity contribution in [1.82, 2.24) is 0 Å². The number of ether oxygens (including phenoxy) is 1. The zero-order valence-electron chi connectivity index (χ0n) is 13.0. The number of benzene rings is 2. The van der Waals surface area contributed by atoms with Gasteiger partial charge in [-0.2, -0.15) is 0 Å². The molecule has 2 aromatic carbocycles. The summed E-state index contributed by atoms with van der Waals surface area (Å²) in [5.41, 5.74) is 7.74. The summed E-state index contributed by atoms with van der Waals surface area (Å²) in [7, 11) is 0. The molecule has 130 valence electrons. The van der Waals surface area contributed by atoms with E-state index in [-0.39, 0.29) is 6.10 Å². The van der Waals surface area contributed by atoms with Gasteiger partial charge in [0.1, 0.15) is 11.9 Å². The average molecular weight is 373 g/mol. The van der Waals surface area contributed by atoms with E-state index in [4.69, 9.17) is 49.0 Å². The van der Waals surface area contributed by atoms with Crippen LogP contribution in [-0.2, 0) is 0 Å². The van der Waals surface area contributed by atoms with Crippen LogP contribution in [0.3, 0.4) is 0 Å². The molecule has 3 N–H and O–H groups in total. The molecule has 0 aromatic heterocycles. The largest absolute Gasteiger partial charge is 0.485 e. The number of rotatable bonds is 5. The summed E-state index contributed by atoms with van der Waals surface area (Å²) in [4.78, 5) is 8.36. The first kappa shape index (κ1) is 20.0. The molecule has 1 unspecified atom stereocenters. The lowest BCUT2D eigenvalue weighted by molar-refractivity contribution is -0.742. The minimum absolute atomic E-state index is 0.0860. The van der Waals surface area contributed by atoms with Crippen LogP contribution in [0.25, 0.3) is 0 Å². The van der Waals surface area contributed by atoms with E-state index in [0.29, 0.717) is 16.6 Å². The van der Waals surface area contributed by atoms with Crippen molar-refractivity contribution < 1.29 is 15.0 Å². The molecule has 2 rings (SSSR count). The van der Waals surface area contributed by atoms with Gasteiger partial charge in [-0.25, -0.2) is 0 Å². The molecule has 0 saturated heterocycles. The normalized spacial score (nSPS) is 11.2. The Labute approximate surface area is 149 Å². The van der Waals surface area contributed by atoms with E-state index in [9.17, 15) is 0 Å². The van der Waals surface area contributed by atoms with E-state index in [2.05, 4.69) is 0 Å². The summed E-state index contributed by atoms with van der Waals surface area (Å²) in [6.45, 7) is 2.50. The van der Waals surface area contributed by atoms with Gasteiger partial charge < -0.3 is 15.7 Å². The van der Waals surface area contributed by atoms with Crippen molar-refractivity contribution in [2.75, 3.05) is 6.54 Å². The molecule has 0 amide bonds. The van der Waals surface area contributed by atoms with Gasteiger partial charge in [0, 0.05) is 12.5 Å².